The van der Waals surface area contributed by atoms with E-state index in [4.69, 9.17) is 11.6 Å². The molecule has 1 saturated heterocycles. The third-order valence-corrected chi connectivity index (χ3v) is 4.21. The highest BCUT2D eigenvalue weighted by atomic mass is 35.5. The third-order valence-electron chi connectivity index (χ3n) is 3.85. The Morgan fingerprint density at radius 1 is 1.53 bits per heavy atom. The van der Waals surface area contributed by atoms with Gasteiger partial charge in [0.2, 0.25) is 0 Å². The molecule has 1 heterocycles. The molecule has 2 rings (SSSR count). The minimum absolute atomic E-state index is 0.0545. The molecule has 1 unspecified atom stereocenters. The molecule has 1 atom stereocenters. The van der Waals surface area contributed by atoms with Crippen molar-refractivity contribution in [2.45, 2.75) is 44.6 Å². The van der Waals surface area contributed by atoms with Gasteiger partial charge in [-0.25, -0.2) is 4.39 Å². The normalized spacial score (nSPS) is 22.7. The van der Waals surface area contributed by atoms with Gasteiger partial charge in [-0.15, -0.1) is 0 Å². The van der Waals surface area contributed by atoms with Gasteiger partial charge in [0.25, 0.3) is 0 Å². The average Bonchev–Trinajstić information content (AvgIpc) is 2.84. The molecule has 104 valence electrons. The molecule has 0 bridgehead atoms. The van der Waals surface area contributed by atoms with Crippen molar-refractivity contribution in [1.29, 1.82) is 0 Å². The summed E-state index contributed by atoms with van der Waals surface area (Å²) < 4.78 is 13.8. The molecular formula is C15H19ClFNO. The van der Waals surface area contributed by atoms with Gasteiger partial charge in [-0.2, -0.15) is 0 Å². The largest absolute Gasteiger partial charge is 0.305 e. The SMILES string of the molecule is CCCC1(C(=O)Cc2c(F)cccc2Cl)CCCN1. The summed E-state index contributed by atoms with van der Waals surface area (Å²) in [7, 11) is 0. The van der Waals surface area contributed by atoms with Gasteiger partial charge in [0.15, 0.2) is 5.78 Å². The predicted molar refractivity (Wildman–Crippen MR) is 75.0 cm³/mol. The molecule has 0 amide bonds. The molecule has 1 aromatic rings. The number of halogens is 2. The maximum Gasteiger partial charge on any atom is 0.157 e. The van der Waals surface area contributed by atoms with Crippen molar-refractivity contribution in [3.8, 4) is 0 Å². The van der Waals surface area contributed by atoms with E-state index in [1.54, 1.807) is 12.1 Å². The fourth-order valence-corrected chi connectivity index (χ4v) is 3.08. The zero-order valence-corrected chi connectivity index (χ0v) is 11.9. The molecule has 0 aromatic heterocycles. The molecule has 1 aromatic carbocycles. The lowest BCUT2D eigenvalue weighted by Crippen LogP contribution is -2.48. The zero-order chi connectivity index (χ0) is 13.9. The van der Waals surface area contributed by atoms with Crippen molar-refractivity contribution in [1.82, 2.24) is 5.32 Å². The molecule has 0 spiro atoms. The van der Waals surface area contributed by atoms with E-state index in [0.29, 0.717) is 10.6 Å². The Kier molecular flexibility index (Phi) is 4.58. The van der Waals surface area contributed by atoms with Crippen LogP contribution in [0.5, 0.6) is 0 Å². The summed E-state index contributed by atoms with van der Waals surface area (Å²) >= 11 is 5.99. The number of benzene rings is 1. The standard InChI is InChI=1S/C15H19ClFNO/c1-2-7-15(8-4-9-18-15)14(19)10-11-12(16)5-3-6-13(11)17/h3,5-6,18H,2,4,7-10H2,1H3. The van der Waals surface area contributed by atoms with Crippen LogP contribution in [-0.4, -0.2) is 17.9 Å². The summed E-state index contributed by atoms with van der Waals surface area (Å²) in [6.07, 6.45) is 3.64. The molecule has 1 aliphatic rings. The first kappa shape index (κ1) is 14.5. The highest BCUT2D eigenvalue weighted by molar-refractivity contribution is 6.31. The second-order valence-corrected chi connectivity index (χ2v) is 5.57. The number of nitrogens with one attached hydrogen (secondary N) is 1. The van der Waals surface area contributed by atoms with Gasteiger partial charge < -0.3 is 5.32 Å². The minimum atomic E-state index is -0.472. The van der Waals surface area contributed by atoms with E-state index in [1.165, 1.54) is 6.07 Å². The molecule has 19 heavy (non-hydrogen) atoms. The molecule has 4 heteroatoms. The van der Waals surface area contributed by atoms with E-state index in [-0.39, 0.29) is 12.2 Å². The van der Waals surface area contributed by atoms with E-state index >= 15 is 0 Å². The summed E-state index contributed by atoms with van der Waals surface area (Å²) in [5.74, 6) is -0.343. The highest BCUT2D eigenvalue weighted by Crippen LogP contribution is 2.29. The number of hydrogen-bond donors (Lipinski definition) is 1. The zero-order valence-electron chi connectivity index (χ0n) is 11.1. The second kappa shape index (κ2) is 6.02. The van der Waals surface area contributed by atoms with Crippen LogP contribution in [0.4, 0.5) is 4.39 Å². The number of carbonyl (C=O) groups excluding carboxylic acids is 1. The average molecular weight is 284 g/mol. The van der Waals surface area contributed by atoms with Gasteiger partial charge in [0.1, 0.15) is 5.82 Å². The molecule has 1 fully saturated rings. The van der Waals surface area contributed by atoms with Gasteiger partial charge in [0.05, 0.1) is 5.54 Å². The van der Waals surface area contributed by atoms with Crippen molar-refractivity contribution in [2.75, 3.05) is 6.54 Å². The Morgan fingerprint density at radius 2 is 2.32 bits per heavy atom. The molecule has 1 aliphatic heterocycles. The minimum Gasteiger partial charge on any atom is -0.305 e. The van der Waals surface area contributed by atoms with Gasteiger partial charge in [-0.05, 0) is 37.9 Å². The Balaban J connectivity index is 2.20. The van der Waals surface area contributed by atoms with Crippen molar-refractivity contribution < 1.29 is 9.18 Å². The molecular weight excluding hydrogens is 265 g/mol. The highest BCUT2D eigenvalue weighted by Gasteiger charge is 2.39. The Bertz CT molecular complexity index is 449. The topological polar surface area (TPSA) is 29.1 Å². The van der Waals surface area contributed by atoms with Crippen LogP contribution in [0, 0.1) is 5.82 Å². The van der Waals surface area contributed by atoms with Crippen molar-refractivity contribution in [2.24, 2.45) is 0 Å². The summed E-state index contributed by atoms with van der Waals surface area (Å²) in [5, 5.41) is 3.65. The van der Waals surface area contributed by atoms with E-state index in [9.17, 15) is 9.18 Å². The third kappa shape index (κ3) is 2.98. The van der Waals surface area contributed by atoms with Crippen molar-refractivity contribution >= 4 is 17.4 Å². The first-order valence-electron chi connectivity index (χ1n) is 6.80. The number of rotatable bonds is 5. The van der Waals surface area contributed by atoms with Gasteiger partial charge >= 0.3 is 0 Å². The predicted octanol–water partition coefficient (Wildman–Crippen LogP) is 3.51. The number of hydrogen-bond acceptors (Lipinski definition) is 2. The van der Waals surface area contributed by atoms with Crippen LogP contribution in [0.1, 0.15) is 38.2 Å². The van der Waals surface area contributed by atoms with E-state index in [1.807, 2.05) is 0 Å². The lowest BCUT2D eigenvalue weighted by Gasteiger charge is -2.28. The molecule has 0 aliphatic carbocycles. The van der Waals surface area contributed by atoms with Crippen LogP contribution >= 0.6 is 11.6 Å². The first-order chi connectivity index (χ1) is 9.09. The van der Waals surface area contributed by atoms with E-state index < -0.39 is 11.4 Å². The van der Waals surface area contributed by atoms with E-state index in [0.717, 1.165) is 32.2 Å². The molecule has 0 saturated carbocycles. The van der Waals surface area contributed by atoms with Gasteiger partial charge in [-0.1, -0.05) is 31.0 Å². The lowest BCUT2D eigenvalue weighted by molar-refractivity contribution is -0.124. The fourth-order valence-electron chi connectivity index (χ4n) is 2.85. The first-order valence-corrected chi connectivity index (χ1v) is 7.18. The maximum atomic E-state index is 13.8. The van der Waals surface area contributed by atoms with Crippen molar-refractivity contribution in [3.63, 3.8) is 0 Å². The summed E-state index contributed by atoms with van der Waals surface area (Å²) in [6, 6.07) is 4.53. The van der Waals surface area contributed by atoms with Crippen LogP contribution < -0.4 is 5.32 Å². The van der Waals surface area contributed by atoms with Gasteiger partial charge in [0, 0.05) is 17.0 Å². The van der Waals surface area contributed by atoms with Crippen LogP contribution in [0.3, 0.4) is 0 Å². The van der Waals surface area contributed by atoms with Crippen LogP contribution in [0.25, 0.3) is 0 Å². The number of carbonyl (C=O) groups is 1. The number of ketones is 1. The Labute approximate surface area is 118 Å². The molecule has 1 N–H and O–H groups in total. The summed E-state index contributed by atoms with van der Waals surface area (Å²) in [6.45, 7) is 2.92. The van der Waals surface area contributed by atoms with Crippen molar-refractivity contribution in [3.05, 3.63) is 34.6 Å². The maximum absolute atomic E-state index is 13.8. The monoisotopic (exact) mass is 283 g/mol. The van der Waals surface area contributed by atoms with Crippen LogP contribution in [0.2, 0.25) is 5.02 Å². The molecule has 0 radical (unpaired) electrons. The van der Waals surface area contributed by atoms with E-state index in [2.05, 4.69) is 12.2 Å². The summed E-state index contributed by atoms with van der Waals surface area (Å²) in [4.78, 5) is 12.5. The van der Waals surface area contributed by atoms with Crippen LogP contribution in [0.15, 0.2) is 18.2 Å². The van der Waals surface area contributed by atoms with Gasteiger partial charge in [-0.3, -0.25) is 4.79 Å². The second-order valence-electron chi connectivity index (χ2n) is 5.16. The fraction of sp³-hybridized carbons (Fsp3) is 0.533. The Hall–Kier alpha value is -0.930. The molecule has 2 nitrogen and oxygen atoms in total. The summed E-state index contributed by atoms with van der Waals surface area (Å²) in [5.41, 5.74) is -0.154. The number of Topliss-reactive ketones (excluding diaryl/α,β-unsaturated/α-hetero) is 1. The quantitative estimate of drug-likeness (QED) is 0.896. The Morgan fingerprint density at radius 3 is 2.89 bits per heavy atom. The smallest absolute Gasteiger partial charge is 0.157 e. The lowest BCUT2D eigenvalue weighted by atomic mass is 9.84. The van der Waals surface area contributed by atoms with Crippen LogP contribution in [-0.2, 0) is 11.2 Å².